The SMILES string of the molecule is CCOCC(=O)Cc1ccc(Br)cc1F. The van der Waals surface area contributed by atoms with Gasteiger partial charge in [0.05, 0.1) is 0 Å². The fourth-order valence-electron chi connectivity index (χ4n) is 1.14. The summed E-state index contributed by atoms with van der Waals surface area (Å²) in [5, 5.41) is 0. The summed E-state index contributed by atoms with van der Waals surface area (Å²) >= 11 is 3.15. The molecule has 0 atom stereocenters. The van der Waals surface area contributed by atoms with Crippen LogP contribution >= 0.6 is 15.9 Å². The Kier molecular flexibility index (Phi) is 4.91. The highest BCUT2D eigenvalue weighted by atomic mass is 79.9. The predicted octanol–water partition coefficient (Wildman–Crippen LogP) is 2.74. The number of halogens is 2. The fourth-order valence-corrected chi connectivity index (χ4v) is 1.48. The second-order valence-corrected chi connectivity index (χ2v) is 4.00. The Balaban J connectivity index is 2.60. The average Bonchev–Trinajstić information content (AvgIpc) is 2.19. The van der Waals surface area contributed by atoms with Crippen molar-refractivity contribution in [1.82, 2.24) is 0 Å². The third-order valence-electron chi connectivity index (χ3n) is 1.87. The molecule has 0 radical (unpaired) electrons. The van der Waals surface area contributed by atoms with Crippen LogP contribution < -0.4 is 0 Å². The monoisotopic (exact) mass is 274 g/mol. The van der Waals surface area contributed by atoms with Crippen LogP contribution in [0.15, 0.2) is 22.7 Å². The van der Waals surface area contributed by atoms with E-state index in [-0.39, 0.29) is 24.6 Å². The van der Waals surface area contributed by atoms with Crippen molar-refractivity contribution in [2.24, 2.45) is 0 Å². The molecule has 0 aliphatic carbocycles. The van der Waals surface area contributed by atoms with Gasteiger partial charge in [0.25, 0.3) is 0 Å². The normalized spacial score (nSPS) is 10.3. The van der Waals surface area contributed by atoms with Gasteiger partial charge in [-0.25, -0.2) is 4.39 Å². The van der Waals surface area contributed by atoms with E-state index in [0.717, 1.165) is 0 Å². The maximum absolute atomic E-state index is 13.3. The van der Waals surface area contributed by atoms with Crippen LogP contribution in [0.5, 0.6) is 0 Å². The van der Waals surface area contributed by atoms with Crippen molar-refractivity contribution >= 4 is 21.7 Å². The minimum absolute atomic E-state index is 0.0476. The molecule has 0 aliphatic heterocycles. The first kappa shape index (κ1) is 12.3. The molecule has 0 saturated carbocycles. The van der Waals surface area contributed by atoms with E-state index in [4.69, 9.17) is 4.74 Å². The first-order valence-electron chi connectivity index (χ1n) is 4.67. The summed E-state index contributed by atoms with van der Waals surface area (Å²) in [6.45, 7) is 2.36. The lowest BCUT2D eigenvalue weighted by Crippen LogP contribution is -2.12. The number of carbonyl (C=O) groups is 1. The summed E-state index contributed by atoms with van der Waals surface area (Å²) in [5.74, 6) is -0.479. The minimum Gasteiger partial charge on any atom is -0.374 e. The lowest BCUT2D eigenvalue weighted by molar-refractivity contribution is -0.122. The second-order valence-electron chi connectivity index (χ2n) is 3.09. The Bertz CT molecular complexity index is 352. The van der Waals surface area contributed by atoms with Gasteiger partial charge in [0, 0.05) is 17.5 Å². The summed E-state index contributed by atoms with van der Waals surface area (Å²) in [5.41, 5.74) is 0.405. The number of ketones is 1. The number of benzene rings is 1. The predicted molar refractivity (Wildman–Crippen MR) is 59.3 cm³/mol. The molecule has 0 N–H and O–H groups in total. The van der Waals surface area contributed by atoms with Gasteiger partial charge in [-0.05, 0) is 24.6 Å². The zero-order chi connectivity index (χ0) is 11.3. The van der Waals surface area contributed by atoms with E-state index in [9.17, 15) is 9.18 Å². The minimum atomic E-state index is -0.366. The molecule has 0 heterocycles. The standard InChI is InChI=1S/C11H12BrFO2/c1-2-15-7-10(14)5-8-3-4-9(12)6-11(8)13/h3-4,6H,2,5,7H2,1H3. The van der Waals surface area contributed by atoms with Crippen LogP contribution in [0.4, 0.5) is 4.39 Å². The molecule has 0 amide bonds. The highest BCUT2D eigenvalue weighted by Gasteiger charge is 2.08. The molecule has 1 rings (SSSR count). The highest BCUT2D eigenvalue weighted by Crippen LogP contribution is 2.15. The van der Waals surface area contributed by atoms with Gasteiger partial charge in [-0.3, -0.25) is 4.79 Å². The first-order chi connectivity index (χ1) is 7.13. The van der Waals surface area contributed by atoms with Gasteiger partial charge >= 0.3 is 0 Å². The average molecular weight is 275 g/mol. The van der Waals surface area contributed by atoms with Crippen LogP contribution in [0.2, 0.25) is 0 Å². The summed E-state index contributed by atoms with van der Waals surface area (Å²) < 4.78 is 18.9. The van der Waals surface area contributed by atoms with E-state index >= 15 is 0 Å². The summed E-state index contributed by atoms with van der Waals surface area (Å²) in [6.07, 6.45) is 0.0825. The number of carbonyl (C=O) groups excluding carboxylic acids is 1. The zero-order valence-corrected chi connectivity index (χ0v) is 10.0. The molecule has 2 nitrogen and oxygen atoms in total. The summed E-state index contributed by atoms with van der Waals surface area (Å²) in [6, 6.07) is 4.67. The van der Waals surface area contributed by atoms with Crippen molar-refractivity contribution in [1.29, 1.82) is 0 Å². The van der Waals surface area contributed by atoms with Gasteiger partial charge in [0.1, 0.15) is 12.4 Å². The van der Waals surface area contributed by atoms with Crippen molar-refractivity contribution in [3.63, 3.8) is 0 Å². The third-order valence-corrected chi connectivity index (χ3v) is 2.36. The van der Waals surface area contributed by atoms with Crippen molar-refractivity contribution in [2.75, 3.05) is 13.2 Å². The van der Waals surface area contributed by atoms with Crippen LogP contribution in [0, 0.1) is 5.82 Å². The van der Waals surface area contributed by atoms with E-state index in [1.807, 2.05) is 6.92 Å². The van der Waals surface area contributed by atoms with E-state index in [0.29, 0.717) is 16.6 Å². The molecule has 0 saturated heterocycles. The lowest BCUT2D eigenvalue weighted by atomic mass is 10.1. The molecule has 0 aromatic heterocycles. The van der Waals surface area contributed by atoms with Gasteiger partial charge in [-0.2, -0.15) is 0 Å². The maximum Gasteiger partial charge on any atom is 0.162 e. The van der Waals surface area contributed by atoms with Crippen molar-refractivity contribution in [3.05, 3.63) is 34.1 Å². The Hall–Kier alpha value is -0.740. The summed E-state index contributed by atoms with van der Waals surface area (Å²) in [4.78, 5) is 11.3. The van der Waals surface area contributed by atoms with Crippen LogP contribution in [0.3, 0.4) is 0 Å². The zero-order valence-electron chi connectivity index (χ0n) is 8.43. The van der Waals surface area contributed by atoms with Crippen molar-refractivity contribution in [2.45, 2.75) is 13.3 Å². The van der Waals surface area contributed by atoms with Crippen LogP contribution in [-0.2, 0) is 16.0 Å². The molecule has 4 heteroatoms. The third kappa shape index (κ3) is 4.10. The molecule has 0 spiro atoms. The molecule has 15 heavy (non-hydrogen) atoms. The molecule has 0 unspecified atom stereocenters. The van der Waals surface area contributed by atoms with Gasteiger partial charge in [-0.1, -0.05) is 22.0 Å². The lowest BCUT2D eigenvalue weighted by Gasteiger charge is -2.03. The fraction of sp³-hybridized carbons (Fsp3) is 0.364. The van der Waals surface area contributed by atoms with E-state index in [1.165, 1.54) is 6.07 Å². The molecule has 82 valence electrons. The maximum atomic E-state index is 13.3. The number of ether oxygens (including phenoxy) is 1. The number of Topliss-reactive ketones (excluding diaryl/α,β-unsaturated/α-hetero) is 1. The van der Waals surface area contributed by atoms with Crippen molar-refractivity contribution in [3.8, 4) is 0 Å². The first-order valence-corrected chi connectivity index (χ1v) is 5.46. The van der Waals surface area contributed by atoms with Gasteiger partial charge in [0.2, 0.25) is 0 Å². The van der Waals surface area contributed by atoms with E-state index in [2.05, 4.69) is 15.9 Å². The second kappa shape index (κ2) is 5.98. The molecule has 0 aliphatic rings. The Morgan fingerprint density at radius 3 is 2.87 bits per heavy atom. The van der Waals surface area contributed by atoms with Gasteiger partial charge in [-0.15, -0.1) is 0 Å². The Morgan fingerprint density at radius 2 is 2.27 bits per heavy atom. The summed E-state index contributed by atoms with van der Waals surface area (Å²) in [7, 11) is 0. The Morgan fingerprint density at radius 1 is 1.53 bits per heavy atom. The molecular formula is C11H12BrFO2. The largest absolute Gasteiger partial charge is 0.374 e. The van der Waals surface area contributed by atoms with Crippen molar-refractivity contribution < 1.29 is 13.9 Å². The molecule has 0 fully saturated rings. The number of hydrogen-bond donors (Lipinski definition) is 0. The quantitative estimate of drug-likeness (QED) is 0.826. The van der Waals surface area contributed by atoms with Crippen LogP contribution in [0.1, 0.15) is 12.5 Å². The molecule has 0 bridgehead atoms. The van der Waals surface area contributed by atoms with Gasteiger partial charge in [0.15, 0.2) is 5.78 Å². The topological polar surface area (TPSA) is 26.3 Å². The smallest absolute Gasteiger partial charge is 0.162 e. The van der Waals surface area contributed by atoms with E-state index in [1.54, 1.807) is 12.1 Å². The molecule has 1 aromatic rings. The molecular weight excluding hydrogens is 263 g/mol. The van der Waals surface area contributed by atoms with Crippen LogP contribution in [-0.4, -0.2) is 19.0 Å². The highest BCUT2D eigenvalue weighted by molar-refractivity contribution is 9.10. The Labute approximate surface area is 96.6 Å². The number of rotatable bonds is 5. The van der Waals surface area contributed by atoms with E-state index < -0.39 is 0 Å². The number of hydrogen-bond acceptors (Lipinski definition) is 2. The molecule has 1 aromatic carbocycles. The van der Waals surface area contributed by atoms with Crippen LogP contribution in [0.25, 0.3) is 0 Å². The van der Waals surface area contributed by atoms with Gasteiger partial charge < -0.3 is 4.74 Å².